The average molecular weight is 533 g/mol. The monoisotopic (exact) mass is 532 g/mol. The van der Waals surface area contributed by atoms with Gasteiger partial charge in [0.05, 0.1) is 0 Å². The highest BCUT2D eigenvalue weighted by Crippen LogP contribution is 2.76. The quantitative estimate of drug-likeness (QED) is 0.227. The van der Waals surface area contributed by atoms with Gasteiger partial charge in [-0.25, -0.2) is 13.5 Å². The molecule has 1 heterocycles. The zero-order chi connectivity index (χ0) is 24.4. The maximum Gasteiger partial charge on any atom is 0.138 e. The predicted molar refractivity (Wildman–Crippen MR) is 160 cm³/mol. The Kier molecular flexibility index (Phi) is 6.80. The minimum Gasteiger partial charge on any atom is -0.376 e. The van der Waals surface area contributed by atoms with Gasteiger partial charge in [-0.1, -0.05) is 134 Å². The van der Waals surface area contributed by atoms with E-state index >= 15 is 0 Å². The van der Waals surface area contributed by atoms with Crippen LogP contribution in [0.15, 0.2) is 135 Å². The molecule has 176 valence electrons. The highest BCUT2D eigenvalue weighted by Gasteiger charge is 2.40. The molecule has 4 aromatic carbocycles. The minimum absolute atomic E-state index is 0.708. The van der Waals surface area contributed by atoms with Crippen molar-refractivity contribution >= 4 is 59.8 Å². The number of nitrogens with zero attached hydrogens (tertiary/aromatic N) is 3. The van der Waals surface area contributed by atoms with Gasteiger partial charge in [-0.2, -0.15) is 0 Å². The molecule has 1 unspecified atom stereocenters. The van der Waals surface area contributed by atoms with E-state index in [0.717, 1.165) is 21.2 Å². The lowest BCUT2D eigenvalue weighted by molar-refractivity contribution is 1.23. The van der Waals surface area contributed by atoms with E-state index in [2.05, 4.69) is 109 Å². The summed E-state index contributed by atoms with van der Waals surface area (Å²) in [5, 5.41) is 7.75. The van der Waals surface area contributed by atoms with Gasteiger partial charge >= 0.3 is 0 Å². The van der Waals surface area contributed by atoms with Crippen LogP contribution in [0.5, 0.6) is 0 Å². The van der Waals surface area contributed by atoms with E-state index in [1.165, 1.54) is 0 Å². The Labute approximate surface area is 213 Å². The molecular formula is C27H27N4P3S. The van der Waals surface area contributed by atoms with Crippen LogP contribution in [0.2, 0.25) is 0 Å². The van der Waals surface area contributed by atoms with Gasteiger partial charge in [0, 0.05) is 28.3 Å². The molecule has 35 heavy (non-hydrogen) atoms. The molecular weight excluding hydrogens is 505 g/mol. The molecule has 0 radical (unpaired) electrons. The molecule has 8 heteroatoms. The van der Waals surface area contributed by atoms with E-state index in [1.807, 2.05) is 31.3 Å². The van der Waals surface area contributed by atoms with Gasteiger partial charge in [0.2, 0.25) is 0 Å². The van der Waals surface area contributed by atoms with Crippen LogP contribution >= 0.6 is 33.8 Å². The van der Waals surface area contributed by atoms with E-state index < -0.39 is 21.6 Å². The highest BCUT2D eigenvalue weighted by molar-refractivity contribution is 8.07. The van der Waals surface area contributed by atoms with Crippen molar-refractivity contribution in [2.24, 2.45) is 13.5 Å². The van der Waals surface area contributed by atoms with Crippen molar-refractivity contribution in [2.75, 3.05) is 13.7 Å². The SMILES string of the molecule is CNC(=S)P1(C)=NP(c2ccccc2)(c2ccccc2)=NP(c2ccccc2)(c2ccccc2)=N1. The summed E-state index contributed by atoms with van der Waals surface area (Å²) in [6, 6.07) is 42.1. The fraction of sp³-hybridized carbons (Fsp3) is 0.0741. The fourth-order valence-electron chi connectivity index (χ4n) is 4.29. The van der Waals surface area contributed by atoms with E-state index in [1.54, 1.807) is 0 Å². The lowest BCUT2D eigenvalue weighted by Crippen LogP contribution is -2.23. The highest BCUT2D eigenvalue weighted by atomic mass is 32.1. The first kappa shape index (κ1) is 24.2. The summed E-state index contributed by atoms with van der Waals surface area (Å²) in [6.07, 6.45) is 0. The van der Waals surface area contributed by atoms with E-state index in [4.69, 9.17) is 25.8 Å². The Morgan fingerprint density at radius 3 is 1.17 bits per heavy atom. The molecule has 0 fully saturated rings. The molecule has 4 nitrogen and oxygen atoms in total. The normalized spacial score (nSPS) is 19.9. The summed E-state index contributed by atoms with van der Waals surface area (Å²) >= 11 is 5.94. The molecule has 5 rings (SSSR count). The van der Waals surface area contributed by atoms with Crippen molar-refractivity contribution in [2.45, 2.75) is 0 Å². The van der Waals surface area contributed by atoms with Crippen LogP contribution in [0.4, 0.5) is 0 Å². The van der Waals surface area contributed by atoms with Crippen LogP contribution in [0.3, 0.4) is 0 Å². The summed E-state index contributed by atoms with van der Waals surface area (Å²) in [5.74, 6) is 0. The number of rotatable bonds is 5. The first-order valence-electron chi connectivity index (χ1n) is 11.4. The molecule has 0 saturated heterocycles. The molecule has 0 spiro atoms. The summed E-state index contributed by atoms with van der Waals surface area (Å²) in [6.45, 7) is 2.14. The van der Waals surface area contributed by atoms with Crippen molar-refractivity contribution in [1.82, 2.24) is 5.32 Å². The topological polar surface area (TPSA) is 49.1 Å². The maximum atomic E-state index is 5.94. The van der Waals surface area contributed by atoms with Crippen LogP contribution in [0.1, 0.15) is 0 Å². The van der Waals surface area contributed by atoms with Crippen LogP contribution in [-0.4, -0.2) is 18.4 Å². The summed E-state index contributed by atoms with van der Waals surface area (Å²) in [7, 11) is -5.83. The number of nitrogens with one attached hydrogen (secondary N) is 1. The third-order valence-electron chi connectivity index (χ3n) is 5.93. The molecule has 4 aromatic rings. The summed E-state index contributed by atoms with van der Waals surface area (Å²) in [5.41, 5.74) is 0. The molecule has 1 N–H and O–H groups in total. The number of hydrogen-bond acceptors (Lipinski definition) is 4. The molecule has 0 bridgehead atoms. The first-order chi connectivity index (χ1) is 17.0. The van der Waals surface area contributed by atoms with Crippen molar-refractivity contribution in [1.29, 1.82) is 0 Å². The smallest absolute Gasteiger partial charge is 0.138 e. The van der Waals surface area contributed by atoms with Gasteiger partial charge in [0.25, 0.3) is 0 Å². The molecule has 0 aliphatic carbocycles. The van der Waals surface area contributed by atoms with Gasteiger partial charge < -0.3 is 5.32 Å². The Morgan fingerprint density at radius 1 is 0.543 bits per heavy atom. The van der Waals surface area contributed by atoms with Crippen molar-refractivity contribution in [3.05, 3.63) is 121 Å². The fourth-order valence-corrected chi connectivity index (χ4v) is 19.2. The van der Waals surface area contributed by atoms with E-state index in [0.29, 0.717) is 4.73 Å². The predicted octanol–water partition coefficient (Wildman–Crippen LogP) is 6.78. The standard InChI is InChI=1S/C27H27N4P3S/c1-28-27(35)32(2)29-33(23-15-7-3-8-16-23,24-17-9-4-10-18-24)31-34(30-32,25-19-11-5-12-20-25)26-21-13-6-14-22-26/h3-22H,1-2H3,(H,28,35). The molecule has 1 aliphatic heterocycles. The van der Waals surface area contributed by atoms with E-state index in [9.17, 15) is 0 Å². The van der Waals surface area contributed by atoms with Gasteiger partial charge in [0.1, 0.15) is 26.3 Å². The molecule has 1 aliphatic rings. The second-order valence-electron chi connectivity index (χ2n) is 8.28. The van der Waals surface area contributed by atoms with Gasteiger partial charge in [0.15, 0.2) is 0 Å². The van der Waals surface area contributed by atoms with Crippen molar-refractivity contribution < 1.29 is 0 Å². The van der Waals surface area contributed by atoms with Crippen LogP contribution in [0.25, 0.3) is 0 Å². The van der Waals surface area contributed by atoms with Gasteiger partial charge in [-0.05, 0) is 6.66 Å². The summed E-state index contributed by atoms with van der Waals surface area (Å²) < 4.78 is 17.8. The van der Waals surface area contributed by atoms with Crippen LogP contribution < -0.4 is 26.5 Å². The van der Waals surface area contributed by atoms with Crippen molar-refractivity contribution in [3.8, 4) is 0 Å². The minimum atomic E-state index is -2.61. The van der Waals surface area contributed by atoms with Gasteiger partial charge in [-0.15, -0.1) is 0 Å². The Bertz CT molecular complexity index is 1350. The molecule has 0 aromatic heterocycles. The first-order valence-corrected chi connectivity index (χ1v) is 17.3. The van der Waals surface area contributed by atoms with Gasteiger partial charge in [-0.3, -0.25) is 0 Å². The maximum absolute atomic E-state index is 5.94. The van der Waals surface area contributed by atoms with Crippen molar-refractivity contribution in [3.63, 3.8) is 0 Å². The number of hydrogen-bond donors (Lipinski definition) is 1. The summed E-state index contributed by atoms with van der Waals surface area (Å²) in [4.78, 5) is 0. The Hall–Kier alpha value is -2.54. The average Bonchev–Trinajstić information content (AvgIpc) is 2.94. The molecule has 0 amide bonds. The zero-order valence-electron chi connectivity index (χ0n) is 19.6. The third-order valence-corrected chi connectivity index (χ3v) is 19.2. The molecule has 0 saturated carbocycles. The lowest BCUT2D eigenvalue weighted by atomic mass is 10.4. The Morgan fingerprint density at radius 2 is 0.857 bits per heavy atom. The van der Waals surface area contributed by atoms with E-state index in [-0.39, 0.29) is 0 Å². The Balaban J connectivity index is 2.05. The largest absolute Gasteiger partial charge is 0.376 e. The zero-order valence-corrected chi connectivity index (χ0v) is 23.1. The second-order valence-corrected chi connectivity index (χ2v) is 17.9. The third kappa shape index (κ3) is 4.32. The number of thiocarbonyl (C=S) groups is 1. The number of benzene rings is 4. The second kappa shape index (κ2) is 9.84. The van der Waals surface area contributed by atoms with Crippen LogP contribution in [-0.2, 0) is 0 Å². The van der Waals surface area contributed by atoms with Crippen LogP contribution in [0, 0.1) is 0 Å². The molecule has 1 atom stereocenters. The lowest BCUT2D eigenvalue weighted by Gasteiger charge is -2.36.